The van der Waals surface area contributed by atoms with Crippen LogP contribution >= 0.6 is 11.8 Å². The topological polar surface area (TPSA) is 93.2 Å². The monoisotopic (exact) mass is 302 g/mol. The van der Waals surface area contributed by atoms with Crippen LogP contribution in [0.2, 0.25) is 0 Å². The van der Waals surface area contributed by atoms with Crippen LogP contribution in [0, 0.1) is 10.1 Å². The maximum absolute atomic E-state index is 11.3. The first-order chi connectivity index (χ1) is 9.33. The van der Waals surface area contributed by atoms with Gasteiger partial charge in [0, 0.05) is 24.3 Å². The lowest BCUT2D eigenvalue weighted by molar-refractivity contribution is -0.384. The van der Waals surface area contributed by atoms with E-state index < -0.39 is 4.92 Å². The summed E-state index contributed by atoms with van der Waals surface area (Å²) in [5.41, 5.74) is 0.490. The predicted octanol–water partition coefficient (Wildman–Crippen LogP) is 1.98. The van der Waals surface area contributed by atoms with Crippen molar-refractivity contribution < 1.29 is 10.0 Å². The van der Waals surface area contributed by atoms with Gasteiger partial charge in [-0.25, -0.2) is 4.68 Å². The molecule has 1 rings (SSSR count). The fraction of sp³-hybridized carbons (Fsp3) is 0.750. The Morgan fingerprint density at radius 3 is 2.50 bits per heavy atom. The largest absolute Gasteiger partial charge is 0.395 e. The number of hydrogen-bond acceptors (Lipinski definition) is 6. The van der Waals surface area contributed by atoms with Crippen LogP contribution in [0.1, 0.15) is 32.4 Å². The van der Waals surface area contributed by atoms with Crippen LogP contribution in [0.4, 0.5) is 11.5 Å². The SMILES string of the molecule is CSC(CO)C(C)Nc1c([N+](=O)[O-])c(C(C)C)nn1C. The first-order valence-electron chi connectivity index (χ1n) is 6.44. The summed E-state index contributed by atoms with van der Waals surface area (Å²) in [6.45, 7) is 5.66. The van der Waals surface area contributed by atoms with Crippen molar-refractivity contribution >= 4 is 23.3 Å². The second kappa shape index (κ2) is 6.94. The Morgan fingerprint density at radius 2 is 2.10 bits per heavy atom. The van der Waals surface area contributed by atoms with Crippen LogP contribution in [0.5, 0.6) is 0 Å². The average Bonchev–Trinajstić information content (AvgIpc) is 2.68. The normalized spacial score (nSPS) is 14.3. The summed E-state index contributed by atoms with van der Waals surface area (Å²) in [6, 6.07) is -0.107. The van der Waals surface area contributed by atoms with Crippen LogP contribution < -0.4 is 5.32 Å². The van der Waals surface area contributed by atoms with Crippen molar-refractivity contribution in [1.82, 2.24) is 9.78 Å². The molecular formula is C12H22N4O3S. The number of nitrogens with zero attached hydrogens (tertiary/aromatic N) is 3. The van der Waals surface area contributed by atoms with E-state index in [9.17, 15) is 15.2 Å². The molecule has 2 atom stereocenters. The Labute approximate surface area is 122 Å². The second-order valence-corrected chi connectivity index (χ2v) is 6.08. The summed E-state index contributed by atoms with van der Waals surface area (Å²) < 4.78 is 1.50. The number of nitro groups is 1. The molecule has 8 heteroatoms. The van der Waals surface area contributed by atoms with Crippen LogP contribution in [0.3, 0.4) is 0 Å². The highest BCUT2D eigenvalue weighted by Crippen LogP contribution is 2.33. The molecule has 0 aliphatic heterocycles. The van der Waals surface area contributed by atoms with Gasteiger partial charge in [-0.05, 0) is 13.2 Å². The molecule has 0 amide bonds. The van der Waals surface area contributed by atoms with Gasteiger partial charge in [-0.15, -0.1) is 0 Å². The van der Waals surface area contributed by atoms with Gasteiger partial charge in [-0.3, -0.25) is 10.1 Å². The summed E-state index contributed by atoms with van der Waals surface area (Å²) >= 11 is 1.52. The van der Waals surface area contributed by atoms with Crippen molar-refractivity contribution in [1.29, 1.82) is 0 Å². The number of aliphatic hydroxyl groups excluding tert-OH is 1. The van der Waals surface area contributed by atoms with Gasteiger partial charge in [0.2, 0.25) is 5.82 Å². The third-order valence-corrected chi connectivity index (χ3v) is 4.35. The summed E-state index contributed by atoms with van der Waals surface area (Å²) in [4.78, 5) is 10.9. The molecule has 20 heavy (non-hydrogen) atoms. The zero-order chi connectivity index (χ0) is 15.4. The minimum Gasteiger partial charge on any atom is -0.395 e. The molecule has 0 aromatic carbocycles. The van der Waals surface area contributed by atoms with Gasteiger partial charge < -0.3 is 10.4 Å². The van der Waals surface area contributed by atoms with Gasteiger partial charge in [0.1, 0.15) is 5.69 Å². The van der Waals surface area contributed by atoms with Gasteiger partial charge in [0.15, 0.2) is 0 Å². The molecule has 0 aliphatic carbocycles. The lowest BCUT2D eigenvalue weighted by Crippen LogP contribution is -2.32. The standard InChI is InChI=1S/C12H22N4O3S/c1-7(2)10-11(16(18)19)12(15(4)14-10)13-8(3)9(6-17)20-5/h7-9,13,17H,6H2,1-5H3. The molecule has 1 aromatic rings. The maximum atomic E-state index is 11.3. The van der Waals surface area contributed by atoms with E-state index in [2.05, 4.69) is 10.4 Å². The molecule has 2 N–H and O–H groups in total. The quantitative estimate of drug-likeness (QED) is 0.591. The number of nitrogens with one attached hydrogen (secondary N) is 1. The number of aromatic nitrogens is 2. The number of hydrogen-bond donors (Lipinski definition) is 2. The molecule has 7 nitrogen and oxygen atoms in total. The van der Waals surface area contributed by atoms with E-state index in [-0.39, 0.29) is 29.5 Å². The fourth-order valence-electron chi connectivity index (χ4n) is 2.01. The van der Waals surface area contributed by atoms with Crippen LogP contribution in [0.25, 0.3) is 0 Å². The van der Waals surface area contributed by atoms with Crippen molar-refractivity contribution in [2.75, 3.05) is 18.2 Å². The Morgan fingerprint density at radius 1 is 1.50 bits per heavy atom. The summed E-state index contributed by atoms with van der Waals surface area (Å²) in [5, 5.41) is 27.9. The number of anilines is 1. The Balaban J connectivity index is 3.14. The van der Waals surface area contributed by atoms with Gasteiger partial charge in [-0.1, -0.05) is 13.8 Å². The lowest BCUT2D eigenvalue weighted by atomic mass is 10.1. The molecule has 0 spiro atoms. The zero-order valence-electron chi connectivity index (χ0n) is 12.5. The molecule has 114 valence electrons. The van der Waals surface area contributed by atoms with Gasteiger partial charge in [0.25, 0.3) is 0 Å². The van der Waals surface area contributed by atoms with E-state index in [1.807, 2.05) is 27.0 Å². The third kappa shape index (κ3) is 3.43. The van der Waals surface area contributed by atoms with Crippen LogP contribution in [-0.2, 0) is 7.05 Å². The van der Waals surface area contributed by atoms with Crippen LogP contribution in [-0.4, -0.2) is 44.0 Å². The molecule has 0 fully saturated rings. The van der Waals surface area contributed by atoms with Gasteiger partial charge in [0.05, 0.1) is 11.5 Å². The van der Waals surface area contributed by atoms with E-state index in [1.54, 1.807) is 7.05 Å². The first-order valence-corrected chi connectivity index (χ1v) is 7.73. The van der Waals surface area contributed by atoms with E-state index in [4.69, 9.17) is 0 Å². The van der Waals surface area contributed by atoms with Crippen molar-refractivity contribution in [2.45, 2.75) is 38.0 Å². The molecule has 1 aromatic heterocycles. The Kier molecular flexibility index (Phi) is 5.82. The number of aliphatic hydroxyl groups is 1. The van der Waals surface area contributed by atoms with E-state index in [0.717, 1.165) is 0 Å². The molecule has 2 unspecified atom stereocenters. The highest BCUT2D eigenvalue weighted by Gasteiger charge is 2.30. The smallest absolute Gasteiger partial charge is 0.334 e. The molecule has 0 radical (unpaired) electrons. The van der Waals surface area contributed by atoms with Crippen molar-refractivity contribution in [3.05, 3.63) is 15.8 Å². The van der Waals surface area contributed by atoms with E-state index in [1.165, 1.54) is 16.4 Å². The average molecular weight is 302 g/mol. The van der Waals surface area contributed by atoms with Crippen molar-refractivity contribution in [3.63, 3.8) is 0 Å². The molecular weight excluding hydrogens is 280 g/mol. The zero-order valence-corrected chi connectivity index (χ0v) is 13.3. The summed E-state index contributed by atoms with van der Waals surface area (Å²) in [5.74, 6) is 0.361. The maximum Gasteiger partial charge on any atom is 0.334 e. The van der Waals surface area contributed by atoms with Gasteiger partial charge >= 0.3 is 5.69 Å². The number of thioether (sulfide) groups is 1. The fourth-order valence-corrected chi connectivity index (χ4v) is 2.63. The molecule has 0 aliphatic rings. The molecule has 0 saturated carbocycles. The first kappa shape index (κ1) is 16.8. The van der Waals surface area contributed by atoms with E-state index >= 15 is 0 Å². The Bertz CT molecular complexity index is 472. The van der Waals surface area contributed by atoms with Crippen LogP contribution in [0.15, 0.2) is 0 Å². The molecule has 0 saturated heterocycles. The third-order valence-electron chi connectivity index (χ3n) is 3.18. The lowest BCUT2D eigenvalue weighted by Gasteiger charge is -2.21. The predicted molar refractivity (Wildman–Crippen MR) is 81.4 cm³/mol. The molecule has 1 heterocycles. The highest BCUT2D eigenvalue weighted by atomic mass is 32.2. The van der Waals surface area contributed by atoms with Crippen molar-refractivity contribution in [3.8, 4) is 0 Å². The Hall–Kier alpha value is -1.28. The summed E-state index contributed by atoms with van der Waals surface area (Å²) in [6.07, 6.45) is 1.90. The second-order valence-electron chi connectivity index (χ2n) is 5.01. The minimum atomic E-state index is -0.398. The number of aryl methyl sites for hydroxylation is 1. The van der Waals surface area contributed by atoms with E-state index in [0.29, 0.717) is 11.5 Å². The highest BCUT2D eigenvalue weighted by molar-refractivity contribution is 7.99. The van der Waals surface area contributed by atoms with Gasteiger partial charge in [-0.2, -0.15) is 16.9 Å². The number of rotatable bonds is 7. The minimum absolute atomic E-state index is 0.0119. The molecule has 0 bridgehead atoms. The summed E-state index contributed by atoms with van der Waals surface area (Å²) in [7, 11) is 1.68. The van der Waals surface area contributed by atoms with Crippen molar-refractivity contribution in [2.24, 2.45) is 7.05 Å².